The highest BCUT2D eigenvalue weighted by Crippen LogP contribution is 2.31. The summed E-state index contributed by atoms with van der Waals surface area (Å²) in [5.74, 6) is 0. The zero-order valence-electron chi connectivity index (χ0n) is 7.15. The van der Waals surface area contributed by atoms with Gasteiger partial charge in [-0.1, -0.05) is 0 Å². The Kier molecular flexibility index (Phi) is 2.01. The summed E-state index contributed by atoms with van der Waals surface area (Å²) in [6.45, 7) is 0. The molecule has 2 rings (SSSR count). The van der Waals surface area contributed by atoms with Crippen LogP contribution < -0.4 is 0 Å². The molecular formula is C9H10FN3. The summed E-state index contributed by atoms with van der Waals surface area (Å²) in [6, 6.07) is 3.79. The molecular weight excluding hydrogens is 169 g/mol. The fraction of sp³-hybridized carbons (Fsp3) is 0.556. The zero-order chi connectivity index (χ0) is 9.26. The van der Waals surface area contributed by atoms with E-state index in [-0.39, 0.29) is 6.04 Å². The van der Waals surface area contributed by atoms with Gasteiger partial charge in [0.05, 0.1) is 12.2 Å². The summed E-state index contributed by atoms with van der Waals surface area (Å²) in [5.41, 5.74) is 0.527. The minimum absolute atomic E-state index is 0.0830. The molecule has 0 N–H and O–H groups in total. The van der Waals surface area contributed by atoms with Crippen LogP contribution >= 0.6 is 0 Å². The lowest BCUT2D eigenvalue weighted by Gasteiger charge is -2.09. The molecule has 1 saturated carbocycles. The zero-order valence-corrected chi connectivity index (χ0v) is 7.15. The number of aromatic nitrogens is 2. The van der Waals surface area contributed by atoms with Crippen molar-refractivity contribution in [3.63, 3.8) is 0 Å². The molecule has 0 radical (unpaired) electrons. The minimum Gasteiger partial charge on any atom is -0.252 e. The summed E-state index contributed by atoms with van der Waals surface area (Å²) in [4.78, 5) is 0. The molecule has 3 nitrogen and oxygen atoms in total. The normalized spacial score (nSPS) is 27.4. The molecule has 0 amide bonds. The first-order valence-corrected chi connectivity index (χ1v) is 4.39. The number of nitriles is 1. The van der Waals surface area contributed by atoms with Gasteiger partial charge in [-0.05, 0) is 18.9 Å². The predicted molar refractivity (Wildman–Crippen MR) is 44.7 cm³/mol. The lowest BCUT2D eigenvalue weighted by molar-refractivity contribution is 0.325. The maximum absolute atomic E-state index is 12.9. The molecule has 0 spiro atoms. The topological polar surface area (TPSA) is 41.6 Å². The van der Waals surface area contributed by atoms with Crippen LogP contribution in [0.2, 0.25) is 0 Å². The highest BCUT2D eigenvalue weighted by atomic mass is 19.1. The smallest absolute Gasteiger partial charge is 0.138 e. The van der Waals surface area contributed by atoms with E-state index in [1.165, 1.54) is 0 Å². The second-order valence-electron chi connectivity index (χ2n) is 3.34. The van der Waals surface area contributed by atoms with Crippen molar-refractivity contribution in [1.82, 2.24) is 9.78 Å². The van der Waals surface area contributed by atoms with Crippen LogP contribution in [0.3, 0.4) is 0 Å². The number of alkyl halides is 1. The molecule has 1 aromatic heterocycles. The van der Waals surface area contributed by atoms with Crippen LogP contribution in [0.5, 0.6) is 0 Å². The lowest BCUT2D eigenvalue weighted by atomic mass is 10.2. The van der Waals surface area contributed by atoms with E-state index in [2.05, 4.69) is 5.10 Å². The van der Waals surface area contributed by atoms with Crippen molar-refractivity contribution in [3.8, 4) is 6.07 Å². The number of hydrogen-bond acceptors (Lipinski definition) is 2. The Balaban J connectivity index is 2.22. The van der Waals surface area contributed by atoms with Gasteiger partial charge in [0.25, 0.3) is 0 Å². The molecule has 1 aliphatic rings. The molecule has 1 fully saturated rings. The van der Waals surface area contributed by atoms with Gasteiger partial charge in [0.1, 0.15) is 17.9 Å². The van der Waals surface area contributed by atoms with Crippen LogP contribution in [0, 0.1) is 11.3 Å². The maximum atomic E-state index is 12.9. The monoisotopic (exact) mass is 179 g/mol. The third kappa shape index (κ3) is 1.42. The van der Waals surface area contributed by atoms with E-state index in [1.54, 1.807) is 16.9 Å². The quantitative estimate of drug-likeness (QED) is 0.659. The van der Waals surface area contributed by atoms with Crippen LogP contribution in [0.1, 0.15) is 31.0 Å². The minimum atomic E-state index is -0.722. The number of nitrogens with zero attached hydrogens (tertiary/aromatic N) is 3. The summed E-state index contributed by atoms with van der Waals surface area (Å²) in [6.07, 6.45) is 2.74. The van der Waals surface area contributed by atoms with Gasteiger partial charge in [-0.25, -0.2) is 4.39 Å². The van der Waals surface area contributed by atoms with E-state index < -0.39 is 6.17 Å². The Morgan fingerprint density at radius 2 is 2.46 bits per heavy atom. The fourth-order valence-corrected chi connectivity index (χ4v) is 1.82. The second kappa shape index (κ2) is 3.17. The Morgan fingerprint density at radius 3 is 3.08 bits per heavy atom. The Hall–Kier alpha value is -1.37. The molecule has 1 aliphatic carbocycles. The first kappa shape index (κ1) is 8.24. The van der Waals surface area contributed by atoms with Gasteiger partial charge in [-0.15, -0.1) is 0 Å². The van der Waals surface area contributed by atoms with E-state index in [1.807, 2.05) is 6.07 Å². The van der Waals surface area contributed by atoms with Crippen molar-refractivity contribution in [2.75, 3.05) is 0 Å². The first-order chi connectivity index (χ1) is 6.31. The van der Waals surface area contributed by atoms with E-state index >= 15 is 0 Å². The average Bonchev–Trinajstić information content (AvgIpc) is 2.71. The van der Waals surface area contributed by atoms with Gasteiger partial charge in [0.2, 0.25) is 0 Å². The maximum Gasteiger partial charge on any atom is 0.138 e. The van der Waals surface area contributed by atoms with Crippen molar-refractivity contribution in [1.29, 1.82) is 5.26 Å². The Labute approximate surface area is 75.8 Å². The highest BCUT2D eigenvalue weighted by molar-refractivity contribution is 5.19. The highest BCUT2D eigenvalue weighted by Gasteiger charge is 2.27. The Bertz CT molecular complexity index is 339. The number of rotatable bonds is 1. The van der Waals surface area contributed by atoms with Gasteiger partial charge in [-0.2, -0.15) is 10.4 Å². The molecule has 13 heavy (non-hydrogen) atoms. The molecule has 0 aromatic carbocycles. The van der Waals surface area contributed by atoms with Crippen molar-refractivity contribution in [2.24, 2.45) is 0 Å². The molecule has 68 valence electrons. The molecule has 1 heterocycles. The van der Waals surface area contributed by atoms with Crippen LogP contribution in [0.25, 0.3) is 0 Å². The van der Waals surface area contributed by atoms with Crippen molar-refractivity contribution >= 4 is 0 Å². The Morgan fingerprint density at radius 1 is 1.62 bits per heavy atom. The molecule has 2 unspecified atom stereocenters. The number of hydrogen-bond donors (Lipinski definition) is 0. The largest absolute Gasteiger partial charge is 0.252 e. The van der Waals surface area contributed by atoms with E-state index in [0.29, 0.717) is 18.5 Å². The molecule has 4 heteroatoms. The molecule has 2 atom stereocenters. The average molecular weight is 179 g/mol. The van der Waals surface area contributed by atoms with Crippen LogP contribution in [-0.2, 0) is 0 Å². The van der Waals surface area contributed by atoms with Crippen LogP contribution in [0.15, 0.2) is 12.3 Å². The number of halogens is 1. The summed E-state index contributed by atoms with van der Waals surface area (Å²) in [5, 5.41) is 12.8. The third-order valence-electron chi connectivity index (χ3n) is 2.47. The fourth-order valence-electron chi connectivity index (χ4n) is 1.82. The van der Waals surface area contributed by atoms with Crippen molar-refractivity contribution in [2.45, 2.75) is 31.5 Å². The summed E-state index contributed by atoms with van der Waals surface area (Å²) < 4.78 is 14.5. The third-order valence-corrected chi connectivity index (χ3v) is 2.47. The van der Waals surface area contributed by atoms with Gasteiger partial charge in [-0.3, -0.25) is 4.68 Å². The summed E-state index contributed by atoms with van der Waals surface area (Å²) >= 11 is 0. The van der Waals surface area contributed by atoms with Gasteiger partial charge in [0.15, 0.2) is 0 Å². The SMILES string of the molecule is N#Cc1ccnn1C1CCC(F)C1. The van der Waals surface area contributed by atoms with Crippen LogP contribution in [-0.4, -0.2) is 16.0 Å². The van der Waals surface area contributed by atoms with E-state index in [0.717, 1.165) is 6.42 Å². The van der Waals surface area contributed by atoms with Gasteiger partial charge >= 0.3 is 0 Å². The van der Waals surface area contributed by atoms with E-state index in [4.69, 9.17) is 5.26 Å². The van der Waals surface area contributed by atoms with E-state index in [9.17, 15) is 4.39 Å². The van der Waals surface area contributed by atoms with Crippen LogP contribution in [0.4, 0.5) is 4.39 Å². The molecule has 0 aliphatic heterocycles. The van der Waals surface area contributed by atoms with Gasteiger partial charge < -0.3 is 0 Å². The lowest BCUT2D eigenvalue weighted by Crippen LogP contribution is -2.09. The molecule has 0 bridgehead atoms. The molecule has 0 saturated heterocycles. The molecule has 1 aromatic rings. The summed E-state index contributed by atoms with van der Waals surface area (Å²) in [7, 11) is 0. The second-order valence-corrected chi connectivity index (χ2v) is 3.34. The van der Waals surface area contributed by atoms with Gasteiger partial charge in [0, 0.05) is 6.42 Å². The predicted octanol–water partition coefficient (Wildman–Crippen LogP) is 1.82. The first-order valence-electron chi connectivity index (χ1n) is 4.39. The van der Waals surface area contributed by atoms with Crippen molar-refractivity contribution < 1.29 is 4.39 Å². The van der Waals surface area contributed by atoms with Crippen molar-refractivity contribution in [3.05, 3.63) is 18.0 Å². The standard InChI is InChI=1S/C9H10FN3/c10-7-1-2-8(5-7)13-9(6-11)3-4-12-13/h3-4,7-8H,1-2,5H2.